The topological polar surface area (TPSA) is 21.3 Å². The largest absolute Gasteiger partial charge is 0.454 e. The van der Waals surface area contributed by atoms with E-state index < -0.39 is 5.82 Å². The highest BCUT2D eigenvalue weighted by Crippen LogP contribution is 2.25. The van der Waals surface area contributed by atoms with Gasteiger partial charge in [-0.2, -0.15) is 0 Å². The van der Waals surface area contributed by atoms with Gasteiger partial charge in [-0.05, 0) is 62.7 Å². The number of nitrogens with one attached hydrogen (secondary N) is 1. The molecule has 2 aromatic carbocycles. The van der Waals surface area contributed by atoms with Crippen LogP contribution in [-0.2, 0) is 6.54 Å². The van der Waals surface area contributed by atoms with Crippen LogP contribution in [0.2, 0.25) is 0 Å². The summed E-state index contributed by atoms with van der Waals surface area (Å²) < 4.78 is 32.2. The van der Waals surface area contributed by atoms with Gasteiger partial charge in [0.1, 0.15) is 11.6 Å². The molecule has 0 unspecified atom stereocenters. The van der Waals surface area contributed by atoms with E-state index in [0.29, 0.717) is 12.3 Å². The summed E-state index contributed by atoms with van der Waals surface area (Å²) >= 11 is 0. The van der Waals surface area contributed by atoms with Crippen molar-refractivity contribution in [1.82, 2.24) is 5.32 Å². The molecular formula is C17H19F2NO. The average molecular weight is 291 g/mol. The second kappa shape index (κ2) is 6.22. The molecule has 0 spiro atoms. The Morgan fingerprint density at radius 2 is 1.67 bits per heavy atom. The molecule has 0 saturated carbocycles. The minimum atomic E-state index is -0.437. The van der Waals surface area contributed by atoms with Crippen LogP contribution >= 0.6 is 0 Å². The molecule has 0 amide bonds. The average Bonchev–Trinajstić information content (AvgIpc) is 2.41. The summed E-state index contributed by atoms with van der Waals surface area (Å²) in [6.07, 6.45) is 0. The molecule has 1 N–H and O–H groups in total. The highest BCUT2D eigenvalue weighted by molar-refractivity contribution is 5.34. The lowest BCUT2D eigenvalue weighted by molar-refractivity contribution is 0.420. The van der Waals surface area contributed by atoms with Crippen molar-refractivity contribution in [2.75, 3.05) is 0 Å². The summed E-state index contributed by atoms with van der Waals surface area (Å²) in [5.41, 5.74) is 0.814. The van der Waals surface area contributed by atoms with Gasteiger partial charge < -0.3 is 10.1 Å². The first-order chi connectivity index (χ1) is 9.83. The second-order valence-electron chi connectivity index (χ2n) is 5.92. The third-order valence-corrected chi connectivity index (χ3v) is 2.86. The van der Waals surface area contributed by atoms with Crippen LogP contribution < -0.4 is 10.1 Å². The molecule has 4 heteroatoms. The number of rotatable bonds is 4. The molecule has 0 radical (unpaired) electrons. The lowest BCUT2D eigenvalue weighted by Gasteiger charge is -2.20. The molecule has 0 atom stereocenters. The van der Waals surface area contributed by atoms with Gasteiger partial charge in [0.15, 0.2) is 11.6 Å². The zero-order valence-corrected chi connectivity index (χ0v) is 12.4. The molecule has 2 nitrogen and oxygen atoms in total. The predicted octanol–water partition coefficient (Wildman–Crippen LogP) is 4.65. The molecule has 112 valence electrons. The highest BCUT2D eigenvalue weighted by atomic mass is 19.1. The van der Waals surface area contributed by atoms with E-state index in [0.717, 1.165) is 5.56 Å². The molecule has 0 saturated heterocycles. The minimum Gasteiger partial charge on any atom is -0.454 e. The third kappa shape index (κ3) is 4.83. The van der Waals surface area contributed by atoms with E-state index in [4.69, 9.17) is 4.74 Å². The van der Waals surface area contributed by atoms with E-state index in [1.807, 2.05) is 0 Å². The number of hydrogen-bond acceptors (Lipinski definition) is 2. The summed E-state index contributed by atoms with van der Waals surface area (Å²) in [5, 5.41) is 3.29. The number of benzene rings is 2. The van der Waals surface area contributed by atoms with Crippen molar-refractivity contribution in [1.29, 1.82) is 0 Å². The Bertz CT molecular complexity index is 603. The zero-order valence-electron chi connectivity index (χ0n) is 12.4. The van der Waals surface area contributed by atoms with Gasteiger partial charge in [0.25, 0.3) is 0 Å². The number of hydrogen-bond donors (Lipinski definition) is 1. The van der Waals surface area contributed by atoms with Gasteiger partial charge in [0, 0.05) is 12.1 Å². The molecule has 0 heterocycles. The van der Waals surface area contributed by atoms with Gasteiger partial charge in [-0.1, -0.05) is 6.07 Å². The molecular weight excluding hydrogens is 272 g/mol. The van der Waals surface area contributed by atoms with Crippen molar-refractivity contribution in [3.8, 4) is 11.5 Å². The molecule has 0 aliphatic carbocycles. The Labute approximate surface area is 123 Å². The van der Waals surface area contributed by atoms with Crippen LogP contribution in [0, 0.1) is 11.6 Å². The summed E-state index contributed by atoms with van der Waals surface area (Å²) in [4.78, 5) is 0. The van der Waals surface area contributed by atoms with Gasteiger partial charge in [-0.15, -0.1) is 0 Å². The van der Waals surface area contributed by atoms with Crippen LogP contribution in [0.5, 0.6) is 11.5 Å². The maximum Gasteiger partial charge on any atom is 0.166 e. The fourth-order valence-electron chi connectivity index (χ4n) is 1.73. The number of ether oxygens (including phenoxy) is 1. The Kier molecular flexibility index (Phi) is 4.58. The zero-order chi connectivity index (χ0) is 15.5. The van der Waals surface area contributed by atoms with E-state index >= 15 is 0 Å². The standard InChI is InChI=1S/C17H19F2NO/c1-17(2,3)20-11-12-4-9-16(15(19)10-12)21-14-7-5-13(18)6-8-14/h4-10,20H,11H2,1-3H3. The maximum atomic E-state index is 14.0. The lowest BCUT2D eigenvalue weighted by atomic mass is 10.1. The highest BCUT2D eigenvalue weighted by Gasteiger charge is 2.10. The van der Waals surface area contributed by atoms with Crippen LogP contribution in [0.15, 0.2) is 42.5 Å². The Morgan fingerprint density at radius 1 is 1.00 bits per heavy atom. The van der Waals surface area contributed by atoms with Gasteiger partial charge in [0.05, 0.1) is 0 Å². The van der Waals surface area contributed by atoms with Crippen molar-refractivity contribution >= 4 is 0 Å². The van der Waals surface area contributed by atoms with Crippen molar-refractivity contribution < 1.29 is 13.5 Å². The first kappa shape index (κ1) is 15.4. The Balaban J connectivity index is 2.07. The Hall–Kier alpha value is -1.94. The van der Waals surface area contributed by atoms with Gasteiger partial charge >= 0.3 is 0 Å². The van der Waals surface area contributed by atoms with Gasteiger partial charge in [0.2, 0.25) is 0 Å². The van der Waals surface area contributed by atoms with E-state index in [2.05, 4.69) is 26.1 Å². The first-order valence-corrected chi connectivity index (χ1v) is 6.80. The van der Waals surface area contributed by atoms with E-state index in [1.165, 1.54) is 30.3 Å². The van der Waals surface area contributed by atoms with Crippen LogP contribution in [0.25, 0.3) is 0 Å². The van der Waals surface area contributed by atoms with Crippen LogP contribution in [0.1, 0.15) is 26.3 Å². The summed E-state index contributed by atoms with van der Waals surface area (Å²) in [7, 11) is 0. The van der Waals surface area contributed by atoms with Gasteiger partial charge in [-0.25, -0.2) is 8.78 Å². The van der Waals surface area contributed by atoms with Crippen molar-refractivity contribution in [3.63, 3.8) is 0 Å². The fraction of sp³-hybridized carbons (Fsp3) is 0.294. The normalized spacial score (nSPS) is 11.5. The van der Waals surface area contributed by atoms with Crippen LogP contribution in [0.4, 0.5) is 8.78 Å². The Morgan fingerprint density at radius 3 is 2.24 bits per heavy atom. The van der Waals surface area contributed by atoms with E-state index in [-0.39, 0.29) is 17.1 Å². The van der Waals surface area contributed by atoms with Crippen LogP contribution in [-0.4, -0.2) is 5.54 Å². The van der Waals surface area contributed by atoms with E-state index in [9.17, 15) is 8.78 Å². The second-order valence-corrected chi connectivity index (χ2v) is 5.92. The van der Waals surface area contributed by atoms with Crippen molar-refractivity contribution in [2.24, 2.45) is 0 Å². The molecule has 0 aromatic heterocycles. The maximum absolute atomic E-state index is 14.0. The smallest absolute Gasteiger partial charge is 0.166 e. The quantitative estimate of drug-likeness (QED) is 0.885. The molecule has 0 bridgehead atoms. The molecule has 0 aliphatic heterocycles. The minimum absolute atomic E-state index is 0.0280. The molecule has 2 aromatic rings. The third-order valence-electron chi connectivity index (χ3n) is 2.86. The predicted molar refractivity (Wildman–Crippen MR) is 79.5 cm³/mol. The molecule has 21 heavy (non-hydrogen) atoms. The van der Waals surface area contributed by atoms with Crippen molar-refractivity contribution in [2.45, 2.75) is 32.9 Å². The summed E-state index contributed by atoms with van der Waals surface area (Å²) in [6, 6.07) is 10.3. The summed E-state index contributed by atoms with van der Waals surface area (Å²) in [5.74, 6) is -0.268. The molecule has 0 fully saturated rings. The van der Waals surface area contributed by atoms with Gasteiger partial charge in [-0.3, -0.25) is 0 Å². The molecule has 2 rings (SSSR count). The molecule has 0 aliphatic rings. The number of halogens is 2. The fourth-order valence-corrected chi connectivity index (χ4v) is 1.73. The monoisotopic (exact) mass is 291 g/mol. The van der Waals surface area contributed by atoms with Crippen molar-refractivity contribution in [3.05, 3.63) is 59.7 Å². The van der Waals surface area contributed by atoms with Crippen LogP contribution in [0.3, 0.4) is 0 Å². The summed E-state index contributed by atoms with van der Waals surface area (Å²) in [6.45, 7) is 6.73. The lowest BCUT2D eigenvalue weighted by Crippen LogP contribution is -2.35. The first-order valence-electron chi connectivity index (χ1n) is 6.80. The SMILES string of the molecule is CC(C)(C)NCc1ccc(Oc2ccc(F)cc2)c(F)c1. The van der Waals surface area contributed by atoms with E-state index in [1.54, 1.807) is 12.1 Å².